The molecule has 1 aromatic heterocycles. The highest BCUT2D eigenvalue weighted by Gasteiger charge is 1.97. The topological polar surface area (TPSA) is 38.9 Å². The van der Waals surface area contributed by atoms with Gasteiger partial charge in [-0.05, 0) is 26.5 Å². The number of allylic oxidation sites excluding steroid dienone is 1. The van der Waals surface area contributed by atoms with E-state index in [1.54, 1.807) is 11.3 Å². The number of rotatable bonds is 3. The molecule has 1 rings (SSSR count). The molecule has 1 heterocycles. The zero-order valence-corrected chi connectivity index (χ0v) is 8.32. The van der Waals surface area contributed by atoms with Crippen LogP contribution >= 0.6 is 11.3 Å². The van der Waals surface area contributed by atoms with Gasteiger partial charge in [-0.15, -0.1) is 11.3 Å². The molecule has 0 aromatic carbocycles. The normalized spacial score (nSPS) is 9.92. The summed E-state index contributed by atoms with van der Waals surface area (Å²) in [7, 11) is 0. The molecular formula is C9H14N2S. The van der Waals surface area contributed by atoms with Gasteiger partial charge in [-0.1, -0.05) is 5.57 Å². The van der Waals surface area contributed by atoms with Crippen LogP contribution in [0.5, 0.6) is 0 Å². The zero-order chi connectivity index (χ0) is 8.97. The van der Waals surface area contributed by atoms with Crippen LogP contribution in [0.3, 0.4) is 0 Å². The molecule has 0 fully saturated rings. The fourth-order valence-corrected chi connectivity index (χ4v) is 1.80. The summed E-state index contributed by atoms with van der Waals surface area (Å²) in [6.07, 6.45) is 2.97. The smallest absolute Gasteiger partial charge is 0.116 e. The van der Waals surface area contributed by atoms with Crippen molar-refractivity contribution in [2.45, 2.75) is 20.3 Å². The highest BCUT2D eigenvalue weighted by Crippen LogP contribution is 2.13. The Hall–Kier alpha value is -0.670. The summed E-state index contributed by atoms with van der Waals surface area (Å²) >= 11 is 1.67. The maximum Gasteiger partial charge on any atom is 0.116 e. The van der Waals surface area contributed by atoms with Gasteiger partial charge in [0, 0.05) is 11.8 Å². The molecule has 0 radical (unpaired) electrons. The maximum absolute atomic E-state index is 5.42. The molecule has 66 valence electrons. The van der Waals surface area contributed by atoms with Crippen LogP contribution in [-0.2, 0) is 6.42 Å². The number of nitrogens with zero attached hydrogens (tertiary/aromatic N) is 1. The third-order valence-corrected chi connectivity index (χ3v) is 2.22. The Balaban J connectivity index is 2.71. The maximum atomic E-state index is 5.42. The highest BCUT2D eigenvalue weighted by molar-refractivity contribution is 7.10. The Morgan fingerprint density at radius 3 is 3.00 bits per heavy atom. The summed E-state index contributed by atoms with van der Waals surface area (Å²) in [4.78, 5) is 4.40. The molecular weight excluding hydrogens is 168 g/mol. The second-order valence-electron chi connectivity index (χ2n) is 2.94. The summed E-state index contributed by atoms with van der Waals surface area (Å²) in [6, 6.07) is 0. The van der Waals surface area contributed by atoms with Crippen LogP contribution in [0, 0.1) is 0 Å². The van der Waals surface area contributed by atoms with Gasteiger partial charge >= 0.3 is 0 Å². The third kappa shape index (κ3) is 2.75. The van der Waals surface area contributed by atoms with Gasteiger partial charge in [0.05, 0.1) is 5.69 Å². The molecule has 0 aliphatic carbocycles. The van der Waals surface area contributed by atoms with Crippen LogP contribution < -0.4 is 5.73 Å². The second kappa shape index (κ2) is 4.38. The third-order valence-electron chi connectivity index (χ3n) is 1.38. The van der Waals surface area contributed by atoms with E-state index in [2.05, 4.69) is 30.3 Å². The van der Waals surface area contributed by atoms with Crippen LogP contribution in [0.4, 0.5) is 0 Å². The number of aromatic nitrogens is 1. The molecule has 0 unspecified atom stereocenters. The van der Waals surface area contributed by atoms with Gasteiger partial charge in [-0.25, -0.2) is 4.98 Å². The van der Waals surface area contributed by atoms with E-state index < -0.39 is 0 Å². The van der Waals surface area contributed by atoms with Crippen molar-refractivity contribution in [1.82, 2.24) is 4.98 Å². The van der Waals surface area contributed by atoms with Crippen molar-refractivity contribution in [2.75, 3.05) is 6.54 Å². The van der Waals surface area contributed by atoms with Gasteiger partial charge in [0.15, 0.2) is 0 Å². The zero-order valence-electron chi connectivity index (χ0n) is 7.50. The van der Waals surface area contributed by atoms with E-state index >= 15 is 0 Å². The Morgan fingerprint density at radius 1 is 1.67 bits per heavy atom. The molecule has 0 spiro atoms. The van der Waals surface area contributed by atoms with Crippen LogP contribution in [-0.4, -0.2) is 11.5 Å². The second-order valence-corrected chi connectivity index (χ2v) is 3.83. The van der Waals surface area contributed by atoms with Crippen molar-refractivity contribution in [3.05, 3.63) is 21.7 Å². The van der Waals surface area contributed by atoms with E-state index in [1.807, 2.05) is 0 Å². The summed E-state index contributed by atoms with van der Waals surface area (Å²) in [5.74, 6) is 0. The van der Waals surface area contributed by atoms with E-state index in [1.165, 1.54) is 5.57 Å². The van der Waals surface area contributed by atoms with E-state index in [0.717, 1.165) is 17.1 Å². The molecule has 12 heavy (non-hydrogen) atoms. The predicted octanol–water partition coefficient (Wildman–Crippen LogP) is 2.07. The lowest BCUT2D eigenvalue weighted by Crippen LogP contribution is -2.02. The summed E-state index contributed by atoms with van der Waals surface area (Å²) in [6.45, 7) is 4.83. The van der Waals surface area contributed by atoms with Crippen molar-refractivity contribution >= 4 is 17.4 Å². The predicted molar refractivity (Wildman–Crippen MR) is 54.2 cm³/mol. The largest absolute Gasteiger partial charge is 0.330 e. The Labute approximate surface area is 77.1 Å². The van der Waals surface area contributed by atoms with E-state index in [-0.39, 0.29) is 0 Å². The number of nitrogens with two attached hydrogens (primary N) is 1. The number of thiazole rings is 1. The highest BCUT2D eigenvalue weighted by atomic mass is 32.1. The van der Waals surface area contributed by atoms with Crippen molar-refractivity contribution < 1.29 is 0 Å². The van der Waals surface area contributed by atoms with Crippen LogP contribution in [0.25, 0.3) is 6.08 Å². The minimum Gasteiger partial charge on any atom is -0.330 e. The van der Waals surface area contributed by atoms with Crippen LogP contribution in [0.1, 0.15) is 24.5 Å². The molecule has 0 atom stereocenters. The molecule has 0 saturated carbocycles. The number of hydrogen-bond donors (Lipinski definition) is 1. The van der Waals surface area contributed by atoms with Crippen molar-refractivity contribution in [3.63, 3.8) is 0 Å². The molecule has 0 amide bonds. The van der Waals surface area contributed by atoms with Gasteiger partial charge in [0.1, 0.15) is 5.01 Å². The van der Waals surface area contributed by atoms with E-state index in [4.69, 9.17) is 5.73 Å². The van der Waals surface area contributed by atoms with Crippen molar-refractivity contribution in [3.8, 4) is 0 Å². The first-order valence-corrected chi connectivity index (χ1v) is 4.89. The molecule has 2 nitrogen and oxygen atoms in total. The minimum absolute atomic E-state index is 0.679. The lowest BCUT2D eigenvalue weighted by Gasteiger charge is -1.88. The first-order chi connectivity index (χ1) is 5.72. The first-order valence-electron chi connectivity index (χ1n) is 4.01. The molecule has 3 heteroatoms. The molecule has 0 saturated heterocycles. The molecule has 0 aliphatic heterocycles. The van der Waals surface area contributed by atoms with Gasteiger partial charge in [-0.2, -0.15) is 0 Å². The summed E-state index contributed by atoms with van der Waals surface area (Å²) in [5.41, 5.74) is 7.81. The average Bonchev–Trinajstić information content (AvgIpc) is 2.36. The van der Waals surface area contributed by atoms with Gasteiger partial charge in [0.2, 0.25) is 0 Å². The standard InChI is InChI=1S/C9H14N2S/c1-7(2)5-9-11-8(3-4-10)6-12-9/h5-6H,3-4,10H2,1-2H3. The monoisotopic (exact) mass is 182 g/mol. The summed E-state index contributed by atoms with van der Waals surface area (Å²) < 4.78 is 0. The molecule has 2 N–H and O–H groups in total. The Bertz CT molecular complexity index is 272. The van der Waals surface area contributed by atoms with Gasteiger partial charge in [-0.3, -0.25) is 0 Å². The SMILES string of the molecule is CC(C)=Cc1nc(CCN)cs1. The molecule has 0 aliphatic rings. The fraction of sp³-hybridized carbons (Fsp3) is 0.444. The van der Waals surface area contributed by atoms with E-state index in [9.17, 15) is 0 Å². The van der Waals surface area contributed by atoms with Gasteiger partial charge in [0.25, 0.3) is 0 Å². The van der Waals surface area contributed by atoms with Crippen molar-refractivity contribution in [1.29, 1.82) is 0 Å². The van der Waals surface area contributed by atoms with Crippen LogP contribution in [0.2, 0.25) is 0 Å². The summed E-state index contributed by atoms with van der Waals surface area (Å²) in [5, 5.41) is 3.15. The lowest BCUT2D eigenvalue weighted by atomic mass is 10.3. The molecule has 1 aromatic rings. The van der Waals surface area contributed by atoms with E-state index in [0.29, 0.717) is 6.54 Å². The fourth-order valence-electron chi connectivity index (χ4n) is 0.899. The van der Waals surface area contributed by atoms with Gasteiger partial charge < -0.3 is 5.73 Å². The average molecular weight is 182 g/mol. The Morgan fingerprint density at radius 2 is 2.42 bits per heavy atom. The number of hydrogen-bond acceptors (Lipinski definition) is 3. The Kier molecular flexibility index (Phi) is 3.44. The van der Waals surface area contributed by atoms with Crippen molar-refractivity contribution in [2.24, 2.45) is 5.73 Å². The van der Waals surface area contributed by atoms with Crippen LogP contribution in [0.15, 0.2) is 11.0 Å². The molecule has 0 bridgehead atoms. The lowest BCUT2D eigenvalue weighted by molar-refractivity contribution is 0.934. The quantitative estimate of drug-likeness (QED) is 0.777. The first kappa shape index (κ1) is 9.42. The minimum atomic E-state index is 0.679.